The van der Waals surface area contributed by atoms with Crippen LogP contribution in [0.25, 0.3) is 0 Å². The summed E-state index contributed by atoms with van der Waals surface area (Å²) in [4.78, 5) is 0. The number of benzene rings is 1. The van der Waals surface area contributed by atoms with Gasteiger partial charge in [-0.1, -0.05) is 35.0 Å². The smallest absolute Gasteiger partial charge is 0.0499 e. The normalized spacial score (nSPS) is 24.6. The van der Waals surface area contributed by atoms with Crippen molar-refractivity contribution in [3.8, 4) is 0 Å². The van der Waals surface area contributed by atoms with Gasteiger partial charge in [-0.05, 0) is 42.4 Å². The maximum absolute atomic E-state index is 5.15. The topological polar surface area (TPSA) is 21.3 Å². The fraction of sp³-hybridized carbons (Fsp3) is 0.600. The van der Waals surface area contributed by atoms with E-state index in [4.69, 9.17) is 4.74 Å². The van der Waals surface area contributed by atoms with Gasteiger partial charge in [-0.25, -0.2) is 0 Å². The van der Waals surface area contributed by atoms with E-state index in [0.717, 1.165) is 19.1 Å². The molecule has 0 heterocycles. The summed E-state index contributed by atoms with van der Waals surface area (Å²) in [7, 11) is 1.77. The van der Waals surface area contributed by atoms with Crippen molar-refractivity contribution >= 4 is 15.9 Å². The summed E-state index contributed by atoms with van der Waals surface area (Å²) in [5.41, 5.74) is 1.47. The van der Waals surface area contributed by atoms with E-state index in [2.05, 4.69) is 52.4 Å². The van der Waals surface area contributed by atoms with E-state index in [1.165, 1.54) is 22.9 Å². The van der Waals surface area contributed by atoms with Gasteiger partial charge in [-0.2, -0.15) is 0 Å². The van der Waals surface area contributed by atoms with Crippen molar-refractivity contribution in [1.29, 1.82) is 0 Å². The van der Waals surface area contributed by atoms with Crippen LogP contribution in [-0.4, -0.2) is 26.3 Å². The molecule has 1 aromatic rings. The Morgan fingerprint density at radius 1 is 1.44 bits per heavy atom. The molecule has 1 aromatic carbocycles. The molecule has 1 saturated carbocycles. The summed E-state index contributed by atoms with van der Waals surface area (Å²) >= 11 is 3.54. The summed E-state index contributed by atoms with van der Waals surface area (Å²) in [6.45, 7) is 4.12. The third-order valence-electron chi connectivity index (χ3n) is 3.66. The molecule has 2 rings (SSSR count). The van der Waals surface area contributed by atoms with E-state index in [0.29, 0.717) is 12.0 Å². The molecule has 1 aliphatic carbocycles. The molecule has 1 N–H and O–H groups in total. The summed E-state index contributed by atoms with van der Waals surface area (Å²) in [6.07, 6.45) is 2.52. The third-order valence-corrected chi connectivity index (χ3v) is 4.16. The molecule has 0 aromatic heterocycles. The van der Waals surface area contributed by atoms with Gasteiger partial charge in [0.05, 0.1) is 0 Å². The quantitative estimate of drug-likeness (QED) is 0.867. The number of methoxy groups -OCH3 is 1. The molecule has 100 valence electrons. The highest BCUT2D eigenvalue weighted by molar-refractivity contribution is 9.10. The van der Waals surface area contributed by atoms with Gasteiger partial charge in [0.2, 0.25) is 0 Å². The highest BCUT2D eigenvalue weighted by Crippen LogP contribution is 2.37. The van der Waals surface area contributed by atoms with E-state index in [-0.39, 0.29) is 0 Å². The van der Waals surface area contributed by atoms with Gasteiger partial charge >= 0.3 is 0 Å². The predicted molar refractivity (Wildman–Crippen MR) is 78.9 cm³/mol. The standard InChI is InChI=1S/C15H22BrNO/c1-11(10-18-2)9-17-15-7-13(8-15)12-4-3-5-14(16)6-12/h3-6,11,13,15,17H,7-10H2,1-2H3. The molecule has 1 fully saturated rings. The van der Waals surface area contributed by atoms with Crippen LogP contribution in [0.3, 0.4) is 0 Å². The molecule has 0 amide bonds. The maximum Gasteiger partial charge on any atom is 0.0499 e. The highest BCUT2D eigenvalue weighted by Gasteiger charge is 2.29. The molecule has 2 nitrogen and oxygen atoms in total. The SMILES string of the molecule is COCC(C)CNC1CC(c2cccc(Br)c2)C1. The van der Waals surface area contributed by atoms with Crippen LogP contribution in [-0.2, 0) is 4.74 Å². The van der Waals surface area contributed by atoms with E-state index in [1.54, 1.807) is 7.11 Å². The van der Waals surface area contributed by atoms with Crippen molar-refractivity contribution in [2.24, 2.45) is 5.92 Å². The molecule has 0 aliphatic heterocycles. The monoisotopic (exact) mass is 311 g/mol. The zero-order valence-electron chi connectivity index (χ0n) is 11.2. The van der Waals surface area contributed by atoms with Gasteiger partial charge in [-0.15, -0.1) is 0 Å². The number of halogens is 1. The molecular formula is C15H22BrNO. The van der Waals surface area contributed by atoms with Crippen LogP contribution in [0.5, 0.6) is 0 Å². The number of hydrogen-bond donors (Lipinski definition) is 1. The second-order valence-electron chi connectivity index (χ2n) is 5.39. The van der Waals surface area contributed by atoms with Gasteiger partial charge in [0, 0.05) is 30.8 Å². The van der Waals surface area contributed by atoms with Gasteiger partial charge in [-0.3, -0.25) is 0 Å². The number of hydrogen-bond acceptors (Lipinski definition) is 2. The average Bonchev–Trinajstić information content (AvgIpc) is 2.27. The summed E-state index contributed by atoms with van der Waals surface area (Å²) in [5, 5.41) is 3.63. The van der Waals surface area contributed by atoms with E-state index in [1.807, 2.05) is 0 Å². The van der Waals surface area contributed by atoms with Crippen LogP contribution in [0.2, 0.25) is 0 Å². The molecule has 1 unspecified atom stereocenters. The summed E-state index contributed by atoms with van der Waals surface area (Å²) in [5.74, 6) is 1.33. The van der Waals surface area contributed by atoms with Crippen molar-refractivity contribution in [3.05, 3.63) is 34.3 Å². The molecule has 0 bridgehead atoms. The number of nitrogens with one attached hydrogen (secondary N) is 1. The van der Waals surface area contributed by atoms with Crippen LogP contribution in [0.4, 0.5) is 0 Å². The molecular weight excluding hydrogens is 290 g/mol. The van der Waals surface area contributed by atoms with Crippen LogP contribution in [0.1, 0.15) is 31.2 Å². The van der Waals surface area contributed by atoms with Gasteiger partial charge in [0.25, 0.3) is 0 Å². The van der Waals surface area contributed by atoms with Crippen LogP contribution in [0, 0.1) is 5.92 Å². The zero-order chi connectivity index (χ0) is 13.0. The van der Waals surface area contributed by atoms with Crippen LogP contribution >= 0.6 is 15.9 Å². The minimum absolute atomic E-state index is 0.597. The van der Waals surface area contributed by atoms with E-state index in [9.17, 15) is 0 Å². The lowest BCUT2D eigenvalue weighted by Crippen LogP contribution is -2.42. The molecule has 0 saturated heterocycles. The Kier molecular flexibility index (Phi) is 5.22. The Morgan fingerprint density at radius 3 is 2.89 bits per heavy atom. The van der Waals surface area contributed by atoms with Crippen LogP contribution in [0.15, 0.2) is 28.7 Å². The maximum atomic E-state index is 5.15. The second-order valence-corrected chi connectivity index (χ2v) is 6.30. The van der Waals surface area contributed by atoms with Gasteiger partial charge in [0.1, 0.15) is 0 Å². The predicted octanol–water partition coefficient (Wildman–Crippen LogP) is 3.57. The third kappa shape index (κ3) is 3.81. The zero-order valence-corrected chi connectivity index (χ0v) is 12.7. The van der Waals surface area contributed by atoms with Crippen molar-refractivity contribution < 1.29 is 4.74 Å². The largest absolute Gasteiger partial charge is 0.384 e. The second kappa shape index (κ2) is 6.69. The first-order valence-corrected chi connectivity index (χ1v) is 7.46. The Bertz CT molecular complexity index is 377. The van der Waals surface area contributed by atoms with Crippen molar-refractivity contribution in [3.63, 3.8) is 0 Å². The van der Waals surface area contributed by atoms with Crippen molar-refractivity contribution in [1.82, 2.24) is 5.32 Å². The number of rotatable bonds is 6. The lowest BCUT2D eigenvalue weighted by molar-refractivity contribution is 0.152. The first-order chi connectivity index (χ1) is 8.69. The fourth-order valence-electron chi connectivity index (χ4n) is 2.53. The molecule has 0 radical (unpaired) electrons. The fourth-order valence-corrected chi connectivity index (χ4v) is 2.95. The lowest BCUT2D eigenvalue weighted by Gasteiger charge is -2.37. The molecule has 0 spiro atoms. The summed E-state index contributed by atoms with van der Waals surface area (Å²) in [6, 6.07) is 9.38. The Balaban J connectivity index is 1.71. The van der Waals surface area contributed by atoms with Gasteiger partial charge < -0.3 is 10.1 Å². The van der Waals surface area contributed by atoms with Crippen molar-refractivity contribution in [2.45, 2.75) is 31.7 Å². The van der Waals surface area contributed by atoms with Crippen LogP contribution < -0.4 is 5.32 Å². The average molecular weight is 312 g/mol. The summed E-state index contributed by atoms with van der Waals surface area (Å²) < 4.78 is 6.33. The molecule has 3 heteroatoms. The first kappa shape index (κ1) is 14.0. The highest BCUT2D eigenvalue weighted by atomic mass is 79.9. The minimum Gasteiger partial charge on any atom is -0.384 e. The van der Waals surface area contributed by atoms with E-state index < -0.39 is 0 Å². The molecule has 1 atom stereocenters. The Hall–Kier alpha value is -0.380. The lowest BCUT2D eigenvalue weighted by atomic mass is 9.76. The molecule has 1 aliphatic rings. The molecule has 18 heavy (non-hydrogen) atoms. The van der Waals surface area contributed by atoms with Gasteiger partial charge in [0.15, 0.2) is 0 Å². The van der Waals surface area contributed by atoms with Crippen molar-refractivity contribution in [2.75, 3.05) is 20.3 Å². The number of ether oxygens (including phenoxy) is 1. The first-order valence-electron chi connectivity index (χ1n) is 6.67. The Morgan fingerprint density at radius 2 is 2.22 bits per heavy atom. The minimum atomic E-state index is 0.597. The Labute approximate surface area is 118 Å². The van der Waals surface area contributed by atoms with E-state index >= 15 is 0 Å².